The minimum Gasteiger partial charge on any atom is -0.493 e. The van der Waals surface area contributed by atoms with Crippen LogP contribution in [0.2, 0.25) is 0 Å². The normalized spacial score (nSPS) is 14.8. The van der Waals surface area contributed by atoms with Crippen molar-refractivity contribution in [3.63, 3.8) is 0 Å². The first-order valence-electron chi connectivity index (χ1n) is 9.86. The van der Waals surface area contributed by atoms with E-state index < -0.39 is 10.0 Å². The number of ether oxygens (including phenoxy) is 4. The van der Waals surface area contributed by atoms with E-state index in [1.807, 2.05) is 0 Å². The zero-order valence-electron chi connectivity index (χ0n) is 18.2. The van der Waals surface area contributed by atoms with Crippen LogP contribution in [0.15, 0.2) is 47.4 Å². The van der Waals surface area contributed by atoms with Crippen molar-refractivity contribution in [2.75, 3.05) is 52.9 Å². The molecule has 0 saturated carbocycles. The number of nitrogens with one attached hydrogen (secondary N) is 1. The fourth-order valence-electron chi connectivity index (χ4n) is 3.25. The van der Waals surface area contributed by atoms with Crippen molar-refractivity contribution in [1.82, 2.24) is 4.31 Å². The molecule has 0 spiro atoms. The molecule has 0 radical (unpaired) electrons. The molecule has 1 amide bonds. The number of amides is 1. The molecule has 1 fully saturated rings. The molecule has 32 heavy (non-hydrogen) atoms. The highest BCUT2D eigenvalue weighted by molar-refractivity contribution is 7.89. The molecule has 2 aromatic rings. The van der Waals surface area contributed by atoms with Crippen molar-refractivity contribution in [2.45, 2.75) is 4.90 Å². The molecule has 9 nitrogen and oxygen atoms in total. The van der Waals surface area contributed by atoms with Crippen LogP contribution < -0.4 is 19.5 Å². The van der Waals surface area contributed by atoms with Gasteiger partial charge < -0.3 is 24.3 Å². The van der Waals surface area contributed by atoms with E-state index in [1.54, 1.807) is 30.3 Å². The molecule has 0 bridgehead atoms. The van der Waals surface area contributed by atoms with Crippen LogP contribution in [-0.2, 0) is 19.6 Å². The van der Waals surface area contributed by atoms with Crippen LogP contribution >= 0.6 is 0 Å². The lowest BCUT2D eigenvalue weighted by Crippen LogP contribution is -2.40. The molecule has 1 N–H and O–H groups in total. The smallest absolute Gasteiger partial charge is 0.248 e. The quantitative estimate of drug-likeness (QED) is 0.601. The monoisotopic (exact) mass is 462 g/mol. The Kier molecular flexibility index (Phi) is 7.73. The second-order valence-electron chi connectivity index (χ2n) is 6.79. The number of carbonyl (C=O) groups is 1. The number of methoxy groups -OCH3 is 3. The fraction of sp³-hybridized carbons (Fsp3) is 0.318. The Morgan fingerprint density at radius 3 is 2.22 bits per heavy atom. The molecule has 0 aliphatic carbocycles. The van der Waals surface area contributed by atoms with Crippen molar-refractivity contribution < 1.29 is 32.2 Å². The van der Waals surface area contributed by atoms with Crippen LogP contribution in [0, 0.1) is 0 Å². The van der Waals surface area contributed by atoms with Gasteiger partial charge in [-0.25, -0.2) is 8.42 Å². The summed E-state index contributed by atoms with van der Waals surface area (Å²) < 4.78 is 47.9. The summed E-state index contributed by atoms with van der Waals surface area (Å²) >= 11 is 0. The first kappa shape index (κ1) is 23.6. The molecule has 3 rings (SSSR count). The van der Waals surface area contributed by atoms with E-state index in [2.05, 4.69) is 5.32 Å². The molecule has 2 aromatic carbocycles. The van der Waals surface area contributed by atoms with Gasteiger partial charge in [-0.2, -0.15) is 4.31 Å². The molecule has 0 unspecified atom stereocenters. The van der Waals surface area contributed by atoms with E-state index in [-0.39, 0.29) is 10.8 Å². The third kappa shape index (κ3) is 5.21. The molecule has 1 saturated heterocycles. The predicted octanol–water partition coefficient (Wildman–Crippen LogP) is 2.39. The average molecular weight is 463 g/mol. The lowest BCUT2D eigenvalue weighted by atomic mass is 10.1. The predicted molar refractivity (Wildman–Crippen MR) is 120 cm³/mol. The van der Waals surface area contributed by atoms with Crippen molar-refractivity contribution in [1.29, 1.82) is 0 Å². The van der Waals surface area contributed by atoms with Gasteiger partial charge in [0.05, 0.1) is 39.4 Å². The molecular formula is C22H26N2O7S. The van der Waals surface area contributed by atoms with E-state index in [0.717, 1.165) is 0 Å². The molecule has 1 aliphatic rings. The van der Waals surface area contributed by atoms with E-state index in [9.17, 15) is 13.2 Å². The van der Waals surface area contributed by atoms with Gasteiger partial charge in [0.2, 0.25) is 21.7 Å². The molecule has 172 valence electrons. The molecule has 1 heterocycles. The van der Waals surface area contributed by atoms with Crippen LogP contribution in [-0.4, -0.2) is 66.3 Å². The largest absolute Gasteiger partial charge is 0.493 e. The highest BCUT2D eigenvalue weighted by Crippen LogP contribution is 2.40. The summed E-state index contributed by atoms with van der Waals surface area (Å²) in [5.74, 6) is 0.992. The maximum Gasteiger partial charge on any atom is 0.248 e. The van der Waals surface area contributed by atoms with Gasteiger partial charge in [-0.3, -0.25) is 4.79 Å². The van der Waals surface area contributed by atoms with Gasteiger partial charge in [0.1, 0.15) is 0 Å². The number of rotatable bonds is 8. The first-order valence-corrected chi connectivity index (χ1v) is 11.3. The minimum atomic E-state index is -3.58. The molecule has 0 atom stereocenters. The lowest BCUT2D eigenvalue weighted by molar-refractivity contribution is -0.111. The molecule has 10 heteroatoms. The number of anilines is 1. The molecule has 0 aromatic heterocycles. The third-order valence-electron chi connectivity index (χ3n) is 4.88. The average Bonchev–Trinajstić information content (AvgIpc) is 2.82. The van der Waals surface area contributed by atoms with E-state index in [1.165, 1.54) is 43.8 Å². The van der Waals surface area contributed by atoms with Gasteiger partial charge in [0.25, 0.3) is 0 Å². The maximum absolute atomic E-state index is 12.7. The first-order chi connectivity index (χ1) is 15.4. The van der Waals surface area contributed by atoms with E-state index >= 15 is 0 Å². The number of carbonyl (C=O) groups excluding carboxylic acids is 1. The summed E-state index contributed by atoms with van der Waals surface area (Å²) in [7, 11) is 0.947. The standard InChI is InChI=1S/C22H26N2O7S/c1-28-19-10-4-16(21(29-2)22(19)30-3)5-11-20(25)23-17-6-8-18(9-7-17)32(26,27)24-12-14-31-15-13-24/h4-11H,12-15H2,1-3H3,(H,23,25). The van der Waals surface area contributed by atoms with Crippen molar-refractivity contribution in [2.24, 2.45) is 0 Å². The van der Waals surface area contributed by atoms with Gasteiger partial charge >= 0.3 is 0 Å². The van der Waals surface area contributed by atoms with E-state index in [4.69, 9.17) is 18.9 Å². The molecular weight excluding hydrogens is 436 g/mol. The summed E-state index contributed by atoms with van der Waals surface area (Å²) in [4.78, 5) is 12.5. The van der Waals surface area contributed by atoms with Crippen molar-refractivity contribution >= 4 is 27.7 Å². The Morgan fingerprint density at radius 2 is 1.62 bits per heavy atom. The third-order valence-corrected chi connectivity index (χ3v) is 6.79. The Labute approximate surface area is 187 Å². The van der Waals surface area contributed by atoms with Crippen LogP contribution in [0.4, 0.5) is 5.69 Å². The summed E-state index contributed by atoms with van der Waals surface area (Å²) in [5, 5.41) is 2.71. The Hall–Kier alpha value is -3.08. The van der Waals surface area contributed by atoms with Gasteiger partial charge in [0, 0.05) is 30.4 Å². The summed E-state index contributed by atoms with van der Waals surface area (Å²) in [6.45, 7) is 1.41. The SMILES string of the molecule is COc1ccc(C=CC(=O)Nc2ccc(S(=O)(=O)N3CCOCC3)cc2)c(OC)c1OC. The van der Waals surface area contributed by atoms with Crippen LogP contribution in [0.5, 0.6) is 17.2 Å². The van der Waals surface area contributed by atoms with Gasteiger partial charge in [-0.1, -0.05) is 0 Å². The van der Waals surface area contributed by atoms with Crippen LogP contribution in [0.1, 0.15) is 5.56 Å². The van der Waals surface area contributed by atoms with Crippen LogP contribution in [0.3, 0.4) is 0 Å². The van der Waals surface area contributed by atoms with Gasteiger partial charge in [-0.05, 0) is 42.5 Å². The second kappa shape index (κ2) is 10.5. The van der Waals surface area contributed by atoms with Gasteiger partial charge in [0.15, 0.2) is 11.5 Å². The number of sulfonamides is 1. The highest BCUT2D eigenvalue weighted by Gasteiger charge is 2.26. The van der Waals surface area contributed by atoms with Crippen LogP contribution in [0.25, 0.3) is 6.08 Å². The van der Waals surface area contributed by atoms with Crippen molar-refractivity contribution in [3.05, 3.63) is 48.0 Å². The number of hydrogen-bond donors (Lipinski definition) is 1. The summed E-state index contributed by atoms with van der Waals surface area (Å²) in [5.41, 5.74) is 1.10. The number of benzene rings is 2. The minimum absolute atomic E-state index is 0.169. The Bertz CT molecular complexity index is 1080. The Morgan fingerprint density at radius 1 is 0.969 bits per heavy atom. The summed E-state index contributed by atoms with van der Waals surface area (Å²) in [6.07, 6.45) is 2.94. The number of nitrogens with zero attached hydrogens (tertiary/aromatic N) is 1. The van der Waals surface area contributed by atoms with Crippen molar-refractivity contribution in [3.8, 4) is 17.2 Å². The van der Waals surface area contributed by atoms with Gasteiger partial charge in [-0.15, -0.1) is 0 Å². The zero-order valence-corrected chi connectivity index (χ0v) is 19.0. The van der Waals surface area contributed by atoms with E-state index in [0.29, 0.717) is 54.8 Å². The highest BCUT2D eigenvalue weighted by atomic mass is 32.2. The number of hydrogen-bond acceptors (Lipinski definition) is 7. The zero-order chi connectivity index (χ0) is 23.1. The maximum atomic E-state index is 12.7. The molecule has 1 aliphatic heterocycles. The lowest BCUT2D eigenvalue weighted by Gasteiger charge is -2.26. The fourth-order valence-corrected chi connectivity index (χ4v) is 4.66. The topological polar surface area (TPSA) is 103 Å². The number of morpholine rings is 1. The Balaban J connectivity index is 1.70. The second-order valence-corrected chi connectivity index (χ2v) is 8.72. The summed E-state index contributed by atoms with van der Waals surface area (Å²) in [6, 6.07) is 9.51.